The van der Waals surface area contributed by atoms with Crippen LogP contribution in [0.25, 0.3) is 33.4 Å². The number of benzene rings is 4. The van der Waals surface area contributed by atoms with Gasteiger partial charge < -0.3 is 9.73 Å². The van der Waals surface area contributed by atoms with Crippen molar-refractivity contribution in [2.75, 3.05) is 17.6 Å². The Morgan fingerprint density at radius 3 is 2.14 bits per heavy atom. The molecular formula is C34H32N2O5S. The summed E-state index contributed by atoms with van der Waals surface area (Å²) in [6.07, 6.45) is 1.43. The molecule has 0 saturated carbocycles. The van der Waals surface area contributed by atoms with E-state index in [2.05, 4.69) is 5.32 Å². The first-order valence-corrected chi connectivity index (χ1v) is 15.5. The van der Waals surface area contributed by atoms with E-state index < -0.39 is 10.0 Å². The Kier molecular flexibility index (Phi) is 8.00. The Hall–Kier alpha value is -4.69. The van der Waals surface area contributed by atoms with Crippen LogP contribution in [0.5, 0.6) is 0 Å². The van der Waals surface area contributed by atoms with Crippen LogP contribution < -0.4 is 9.62 Å². The van der Waals surface area contributed by atoms with Crippen LogP contribution in [-0.2, 0) is 16.6 Å². The van der Waals surface area contributed by atoms with Crippen molar-refractivity contribution in [1.29, 1.82) is 0 Å². The fourth-order valence-corrected chi connectivity index (χ4v) is 5.35. The van der Waals surface area contributed by atoms with E-state index >= 15 is 0 Å². The fourth-order valence-electron chi connectivity index (χ4n) is 4.84. The molecule has 42 heavy (non-hydrogen) atoms. The van der Waals surface area contributed by atoms with Crippen LogP contribution in [0.3, 0.4) is 0 Å². The van der Waals surface area contributed by atoms with E-state index in [0.29, 0.717) is 45.7 Å². The topological polar surface area (TPSA) is 96.7 Å². The van der Waals surface area contributed by atoms with Gasteiger partial charge in [-0.25, -0.2) is 8.42 Å². The van der Waals surface area contributed by atoms with Gasteiger partial charge in [-0.15, -0.1) is 0 Å². The van der Waals surface area contributed by atoms with Crippen LogP contribution in [0.15, 0.2) is 95.4 Å². The number of nitrogens with one attached hydrogen (secondary N) is 1. The Bertz CT molecular complexity index is 1880. The van der Waals surface area contributed by atoms with Gasteiger partial charge in [0.25, 0.3) is 5.91 Å². The van der Waals surface area contributed by atoms with E-state index in [1.54, 1.807) is 18.2 Å². The van der Waals surface area contributed by atoms with Crippen LogP contribution in [-0.4, -0.2) is 33.4 Å². The number of rotatable bonds is 9. The van der Waals surface area contributed by atoms with Crippen LogP contribution in [0, 0.1) is 6.92 Å². The van der Waals surface area contributed by atoms with Crippen molar-refractivity contribution in [2.45, 2.75) is 26.8 Å². The van der Waals surface area contributed by atoms with E-state index in [1.165, 1.54) is 11.4 Å². The molecule has 4 aromatic carbocycles. The third-order valence-electron chi connectivity index (χ3n) is 7.31. The van der Waals surface area contributed by atoms with Gasteiger partial charge in [-0.1, -0.05) is 79.2 Å². The molecule has 0 atom stereocenters. The minimum Gasteiger partial charge on any atom is -0.455 e. The van der Waals surface area contributed by atoms with Crippen molar-refractivity contribution >= 4 is 38.4 Å². The molecule has 0 saturated heterocycles. The molecule has 0 spiro atoms. The molecule has 0 radical (unpaired) electrons. The summed E-state index contributed by atoms with van der Waals surface area (Å²) >= 11 is 0. The van der Waals surface area contributed by atoms with E-state index in [-0.39, 0.29) is 18.1 Å². The van der Waals surface area contributed by atoms with E-state index in [0.717, 1.165) is 28.5 Å². The van der Waals surface area contributed by atoms with E-state index in [1.807, 2.05) is 86.6 Å². The highest BCUT2D eigenvalue weighted by atomic mass is 32.2. The predicted molar refractivity (Wildman–Crippen MR) is 167 cm³/mol. The second-order valence-electron chi connectivity index (χ2n) is 10.3. The second kappa shape index (κ2) is 11.7. The molecule has 7 nitrogen and oxygen atoms in total. The van der Waals surface area contributed by atoms with Crippen LogP contribution >= 0.6 is 0 Å². The lowest BCUT2D eigenvalue weighted by molar-refractivity contribution is 0.0949. The molecule has 0 unspecified atom stereocenters. The summed E-state index contributed by atoms with van der Waals surface area (Å²) in [5, 5.41) is 3.54. The number of anilines is 1. The molecule has 1 aromatic heterocycles. The molecule has 5 rings (SSSR count). The summed E-state index contributed by atoms with van der Waals surface area (Å²) in [6, 6.07) is 27.8. The van der Waals surface area contributed by atoms with E-state index in [4.69, 9.17) is 4.42 Å². The first kappa shape index (κ1) is 28.8. The van der Waals surface area contributed by atoms with Gasteiger partial charge in [0.2, 0.25) is 10.0 Å². The minimum atomic E-state index is -3.61. The average Bonchev–Trinajstić information content (AvgIpc) is 3.37. The number of carbonyl (C=O) groups is 2. The van der Waals surface area contributed by atoms with Gasteiger partial charge in [0.15, 0.2) is 5.78 Å². The third kappa shape index (κ3) is 5.85. The lowest BCUT2D eigenvalue weighted by Crippen LogP contribution is -2.25. The highest BCUT2D eigenvalue weighted by Crippen LogP contribution is 2.41. The maximum absolute atomic E-state index is 13.2. The number of furan rings is 1. The average molecular weight is 581 g/mol. The molecule has 214 valence electrons. The summed E-state index contributed by atoms with van der Waals surface area (Å²) in [6.45, 7) is 4.13. The molecule has 0 aliphatic heterocycles. The SMILES string of the molecule is CCC(=O)c1c(-c2ccc(C)cc2)oc2cc(N(C)S(C)(=O)=O)c(-c3ccc(CNC(=O)c4ccccc4)cc3)cc12. The Morgan fingerprint density at radius 1 is 0.881 bits per heavy atom. The monoisotopic (exact) mass is 580 g/mol. The minimum absolute atomic E-state index is 0.0657. The number of carbonyl (C=O) groups excluding carboxylic acids is 2. The van der Waals surface area contributed by atoms with Crippen molar-refractivity contribution < 1.29 is 22.4 Å². The predicted octanol–water partition coefficient (Wildman–Crippen LogP) is 6.99. The number of aryl methyl sites for hydroxylation is 1. The van der Waals surface area contributed by atoms with Crippen molar-refractivity contribution in [1.82, 2.24) is 5.32 Å². The number of ketones is 1. The number of sulfonamides is 1. The molecule has 0 aliphatic rings. The van der Waals surface area contributed by atoms with Crippen molar-refractivity contribution in [3.8, 4) is 22.5 Å². The molecular weight excluding hydrogens is 548 g/mol. The third-order valence-corrected chi connectivity index (χ3v) is 8.50. The largest absolute Gasteiger partial charge is 0.455 e. The smallest absolute Gasteiger partial charge is 0.251 e. The molecule has 1 N–H and O–H groups in total. The quantitative estimate of drug-likeness (QED) is 0.190. The Balaban J connectivity index is 1.59. The number of nitrogens with zero attached hydrogens (tertiary/aromatic N) is 1. The maximum atomic E-state index is 13.2. The maximum Gasteiger partial charge on any atom is 0.251 e. The zero-order valence-electron chi connectivity index (χ0n) is 24.0. The zero-order valence-corrected chi connectivity index (χ0v) is 24.8. The Labute approximate surface area is 245 Å². The summed E-state index contributed by atoms with van der Waals surface area (Å²) < 4.78 is 32.8. The molecule has 0 fully saturated rings. The Morgan fingerprint density at radius 2 is 1.52 bits per heavy atom. The lowest BCUT2D eigenvalue weighted by atomic mass is 9.96. The van der Waals surface area contributed by atoms with Crippen LogP contribution in [0.1, 0.15) is 45.2 Å². The highest BCUT2D eigenvalue weighted by molar-refractivity contribution is 7.92. The first-order valence-electron chi connectivity index (χ1n) is 13.6. The number of hydrogen-bond acceptors (Lipinski definition) is 5. The van der Waals surface area contributed by atoms with Crippen LogP contribution in [0.2, 0.25) is 0 Å². The molecule has 0 bridgehead atoms. The van der Waals surface area contributed by atoms with Crippen LogP contribution in [0.4, 0.5) is 5.69 Å². The summed E-state index contributed by atoms with van der Waals surface area (Å²) in [5.74, 6) is 0.232. The molecule has 8 heteroatoms. The standard InChI is InChI=1S/C34H32N2O5S/c1-5-30(37)32-28-19-27(24-17-13-23(14-18-24)21-35-34(38)26-9-7-6-8-10-26)29(36(3)42(4,39)40)20-31(28)41-33(32)25-15-11-22(2)12-16-25/h6-20H,5,21H2,1-4H3,(H,35,38). The van der Waals surface area contributed by atoms with Gasteiger partial charge in [-0.05, 0) is 36.2 Å². The van der Waals surface area contributed by atoms with Crippen molar-refractivity contribution in [3.63, 3.8) is 0 Å². The normalized spacial score (nSPS) is 11.4. The van der Waals surface area contributed by atoms with Gasteiger partial charge in [0.1, 0.15) is 11.3 Å². The summed E-state index contributed by atoms with van der Waals surface area (Å²) in [7, 11) is -2.12. The molecule has 1 heterocycles. The first-order chi connectivity index (χ1) is 20.1. The van der Waals surface area contributed by atoms with Gasteiger partial charge in [-0.3, -0.25) is 13.9 Å². The summed E-state index contributed by atoms with van der Waals surface area (Å²) in [5.41, 5.74) is 6.05. The van der Waals surface area contributed by atoms with Crippen molar-refractivity contribution in [2.24, 2.45) is 0 Å². The molecule has 1 amide bonds. The van der Waals surface area contributed by atoms with Gasteiger partial charge >= 0.3 is 0 Å². The number of hydrogen-bond donors (Lipinski definition) is 1. The fraction of sp³-hybridized carbons (Fsp3) is 0.176. The van der Waals surface area contributed by atoms with Gasteiger partial charge in [0, 0.05) is 48.2 Å². The molecule has 0 aliphatic carbocycles. The zero-order chi connectivity index (χ0) is 30.0. The second-order valence-corrected chi connectivity index (χ2v) is 12.3. The number of fused-ring (bicyclic) bond motifs is 1. The highest BCUT2D eigenvalue weighted by Gasteiger charge is 2.25. The van der Waals surface area contributed by atoms with Gasteiger partial charge in [-0.2, -0.15) is 0 Å². The van der Waals surface area contributed by atoms with Gasteiger partial charge in [0.05, 0.1) is 17.5 Å². The lowest BCUT2D eigenvalue weighted by Gasteiger charge is -2.21. The number of amides is 1. The number of Topliss-reactive ketones (excluding diaryl/α,β-unsaturated/α-hetero) is 1. The van der Waals surface area contributed by atoms with Crippen molar-refractivity contribution in [3.05, 3.63) is 113 Å². The van der Waals surface area contributed by atoms with E-state index in [9.17, 15) is 18.0 Å². The molecule has 5 aromatic rings. The summed E-state index contributed by atoms with van der Waals surface area (Å²) in [4.78, 5) is 25.7.